The van der Waals surface area contributed by atoms with E-state index in [2.05, 4.69) is 0 Å². The fourth-order valence-corrected chi connectivity index (χ4v) is 2.96. The summed E-state index contributed by atoms with van der Waals surface area (Å²) >= 11 is 0. The van der Waals surface area contributed by atoms with Gasteiger partial charge in [0, 0.05) is 39.0 Å². The minimum Gasteiger partial charge on any atom is -0.497 e. The summed E-state index contributed by atoms with van der Waals surface area (Å²) in [5.41, 5.74) is 0.650. The van der Waals surface area contributed by atoms with Gasteiger partial charge < -0.3 is 19.3 Å². The smallest absolute Gasteiger partial charge is 0.224 e. The Morgan fingerprint density at radius 3 is 2.42 bits per heavy atom. The van der Waals surface area contributed by atoms with Gasteiger partial charge in [0.2, 0.25) is 11.8 Å². The number of benzene rings is 1. The summed E-state index contributed by atoms with van der Waals surface area (Å²) in [6.07, 6.45) is 3.63. The summed E-state index contributed by atoms with van der Waals surface area (Å²) in [6, 6.07) is 5.29. The Bertz CT molecular complexity index is 582. The number of hydrogen-bond acceptors (Lipinski definition) is 4. The summed E-state index contributed by atoms with van der Waals surface area (Å²) in [5, 5.41) is 0. The molecule has 2 rings (SSSR count). The molecule has 1 heterocycles. The van der Waals surface area contributed by atoms with E-state index in [1.807, 2.05) is 4.90 Å². The summed E-state index contributed by atoms with van der Waals surface area (Å²) < 4.78 is 10.6. The maximum Gasteiger partial charge on any atom is 0.224 e. The lowest BCUT2D eigenvalue weighted by Crippen LogP contribution is -2.39. The van der Waals surface area contributed by atoms with Crippen LogP contribution in [0.1, 0.15) is 32.6 Å². The maximum atomic E-state index is 12.3. The average molecular weight is 334 g/mol. The van der Waals surface area contributed by atoms with Crippen LogP contribution in [0, 0.1) is 0 Å². The Labute approximate surface area is 143 Å². The fraction of sp³-hybridized carbons (Fsp3) is 0.556. The van der Waals surface area contributed by atoms with Crippen LogP contribution < -0.4 is 14.4 Å². The molecule has 1 aromatic rings. The SMILES string of the molecule is COc1ccc(N(CCC(=O)N2CCCCC2)C(C)=O)c(OC)c1. The molecule has 1 fully saturated rings. The summed E-state index contributed by atoms with van der Waals surface area (Å²) in [7, 11) is 3.13. The Kier molecular flexibility index (Phi) is 6.46. The Hall–Kier alpha value is -2.24. The van der Waals surface area contributed by atoms with Crippen LogP contribution in [0.4, 0.5) is 5.69 Å². The first kappa shape index (κ1) is 18.1. The number of amides is 2. The van der Waals surface area contributed by atoms with Gasteiger partial charge in [-0.3, -0.25) is 9.59 Å². The van der Waals surface area contributed by atoms with E-state index in [-0.39, 0.29) is 11.8 Å². The molecule has 0 spiro atoms. The molecule has 1 aromatic carbocycles. The molecule has 0 aromatic heterocycles. The van der Waals surface area contributed by atoms with Gasteiger partial charge in [-0.25, -0.2) is 0 Å². The number of likely N-dealkylation sites (tertiary alicyclic amines) is 1. The number of rotatable bonds is 6. The van der Waals surface area contributed by atoms with Crippen molar-refractivity contribution >= 4 is 17.5 Å². The molecule has 2 amide bonds. The molecule has 6 nitrogen and oxygen atoms in total. The molecule has 24 heavy (non-hydrogen) atoms. The molecule has 1 aliphatic heterocycles. The minimum absolute atomic E-state index is 0.105. The third-order valence-electron chi connectivity index (χ3n) is 4.32. The maximum absolute atomic E-state index is 12.3. The van der Waals surface area contributed by atoms with Crippen molar-refractivity contribution in [2.45, 2.75) is 32.6 Å². The number of methoxy groups -OCH3 is 2. The number of carbonyl (C=O) groups is 2. The van der Waals surface area contributed by atoms with E-state index >= 15 is 0 Å². The van der Waals surface area contributed by atoms with Crippen LogP contribution in [0.2, 0.25) is 0 Å². The molecule has 0 unspecified atom stereocenters. The van der Waals surface area contributed by atoms with Crippen molar-refractivity contribution in [1.29, 1.82) is 0 Å². The first-order chi connectivity index (χ1) is 11.6. The second-order valence-corrected chi connectivity index (χ2v) is 5.90. The molecule has 1 saturated heterocycles. The third-order valence-corrected chi connectivity index (χ3v) is 4.32. The van der Waals surface area contributed by atoms with Crippen molar-refractivity contribution < 1.29 is 19.1 Å². The molecule has 1 aliphatic rings. The van der Waals surface area contributed by atoms with Crippen LogP contribution in [0.25, 0.3) is 0 Å². The van der Waals surface area contributed by atoms with E-state index in [1.54, 1.807) is 37.3 Å². The van der Waals surface area contributed by atoms with Crippen molar-refractivity contribution in [1.82, 2.24) is 4.90 Å². The normalized spacial score (nSPS) is 14.2. The highest BCUT2D eigenvalue weighted by molar-refractivity contribution is 5.94. The Balaban J connectivity index is 2.09. The molecule has 6 heteroatoms. The van der Waals surface area contributed by atoms with Gasteiger partial charge >= 0.3 is 0 Å². The standard InChI is InChI=1S/C18H26N2O4/c1-14(21)20(12-9-18(22)19-10-5-4-6-11-19)16-8-7-15(23-2)13-17(16)24-3/h7-8,13H,4-6,9-12H2,1-3H3. The molecule has 132 valence electrons. The van der Waals surface area contributed by atoms with Crippen molar-refractivity contribution in [2.24, 2.45) is 0 Å². The summed E-state index contributed by atoms with van der Waals surface area (Å²) in [6.45, 7) is 3.48. The van der Waals surface area contributed by atoms with E-state index in [9.17, 15) is 9.59 Å². The van der Waals surface area contributed by atoms with Crippen molar-refractivity contribution in [3.8, 4) is 11.5 Å². The van der Waals surface area contributed by atoms with Crippen molar-refractivity contribution in [3.05, 3.63) is 18.2 Å². The lowest BCUT2D eigenvalue weighted by atomic mass is 10.1. The zero-order chi connectivity index (χ0) is 17.5. The topological polar surface area (TPSA) is 59.1 Å². The van der Waals surface area contributed by atoms with E-state index in [1.165, 1.54) is 13.3 Å². The van der Waals surface area contributed by atoms with Gasteiger partial charge in [-0.15, -0.1) is 0 Å². The van der Waals surface area contributed by atoms with Gasteiger partial charge in [-0.1, -0.05) is 0 Å². The Morgan fingerprint density at radius 1 is 1.12 bits per heavy atom. The summed E-state index contributed by atoms with van der Waals surface area (Å²) in [4.78, 5) is 27.9. The molecule has 0 radical (unpaired) electrons. The second-order valence-electron chi connectivity index (χ2n) is 5.90. The molecular formula is C18H26N2O4. The van der Waals surface area contributed by atoms with Crippen LogP contribution in [-0.2, 0) is 9.59 Å². The van der Waals surface area contributed by atoms with Crippen molar-refractivity contribution in [3.63, 3.8) is 0 Å². The zero-order valence-corrected chi connectivity index (χ0v) is 14.7. The van der Waals surface area contributed by atoms with Crippen LogP contribution in [0.5, 0.6) is 11.5 Å². The molecule has 0 saturated carbocycles. The predicted octanol–water partition coefficient (Wildman–Crippen LogP) is 2.46. The lowest BCUT2D eigenvalue weighted by Gasteiger charge is -2.28. The summed E-state index contributed by atoms with van der Waals surface area (Å²) in [5.74, 6) is 1.19. The van der Waals surface area contributed by atoms with Crippen LogP contribution in [0.15, 0.2) is 18.2 Å². The molecule has 0 atom stereocenters. The van der Waals surface area contributed by atoms with Gasteiger partial charge in [-0.2, -0.15) is 0 Å². The number of ether oxygens (including phenoxy) is 2. The molecule has 0 N–H and O–H groups in total. The molecular weight excluding hydrogens is 308 g/mol. The highest BCUT2D eigenvalue weighted by atomic mass is 16.5. The van der Waals surface area contributed by atoms with Crippen LogP contribution in [0.3, 0.4) is 0 Å². The highest BCUT2D eigenvalue weighted by Gasteiger charge is 2.21. The number of piperidine rings is 1. The average Bonchev–Trinajstić information content (AvgIpc) is 2.62. The Morgan fingerprint density at radius 2 is 1.83 bits per heavy atom. The first-order valence-corrected chi connectivity index (χ1v) is 8.34. The van der Waals surface area contributed by atoms with E-state index in [0.29, 0.717) is 30.2 Å². The van der Waals surface area contributed by atoms with Gasteiger partial charge in [0.1, 0.15) is 11.5 Å². The number of nitrogens with zero attached hydrogens (tertiary/aromatic N) is 2. The number of carbonyl (C=O) groups excluding carboxylic acids is 2. The van der Waals surface area contributed by atoms with E-state index in [0.717, 1.165) is 25.9 Å². The third kappa shape index (κ3) is 4.40. The zero-order valence-electron chi connectivity index (χ0n) is 14.7. The second kappa shape index (κ2) is 8.57. The van der Waals surface area contributed by atoms with E-state index < -0.39 is 0 Å². The van der Waals surface area contributed by atoms with Crippen LogP contribution in [-0.4, -0.2) is 50.6 Å². The van der Waals surface area contributed by atoms with Gasteiger partial charge in [0.25, 0.3) is 0 Å². The van der Waals surface area contributed by atoms with Crippen LogP contribution >= 0.6 is 0 Å². The highest BCUT2D eigenvalue weighted by Crippen LogP contribution is 2.32. The predicted molar refractivity (Wildman–Crippen MR) is 92.6 cm³/mol. The number of anilines is 1. The molecule has 0 aliphatic carbocycles. The largest absolute Gasteiger partial charge is 0.497 e. The first-order valence-electron chi connectivity index (χ1n) is 8.34. The van der Waals surface area contributed by atoms with E-state index in [4.69, 9.17) is 9.47 Å². The lowest BCUT2D eigenvalue weighted by molar-refractivity contribution is -0.131. The van der Waals surface area contributed by atoms with Crippen molar-refractivity contribution in [2.75, 3.05) is 38.8 Å². The molecule has 0 bridgehead atoms. The minimum atomic E-state index is -0.120. The number of hydrogen-bond donors (Lipinski definition) is 0. The monoisotopic (exact) mass is 334 g/mol. The van der Waals surface area contributed by atoms with Gasteiger partial charge in [0.05, 0.1) is 19.9 Å². The quantitative estimate of drug-likeness (QED) is 0.802. The van der Waals surface area contributed by atoms with Gasteiger partial charge in [0.15, 0.2) is 0 Å². The fourth-order valence-electron chi connectivity index (χ4n) is 2.96. The van der Waals surface area contributed by atoms with Gasteiger partial charge in [-0.05, 0) is 31.4 Å².